The molecule has 0 radical (unpaired) electrons. The molecule has 0 saturated carbocycles. The topological polar surface area (TPSA) is 127 Å². The SMILES string of the molecule is Cc1ccc(C(CC(=O)O)NS(=O)(=O)CCn2cnnn2)cc1. The predicted molar refractivity (Wildman–Crippen MR) is 80.9 cm³/mol. The Labute approximate surface area is 133 Å². The van der Waals surface area contributed by atoms with Crippen molar-refractivity contribution in [2.45, 2.75) is 25.9 Å². The van der Waals surface area contributed by atoms with Gasteiger partial charge in [-0.1, -0.05) is 29.8 Å². The molecule has 23 heavy (non-hydrogen) atoms. The van der Waals surface area contributed by atoms with Crippen LogP contribution in [0.2, 0.25) is 0 Å². The molecule has 1 heterocycles. The number of aryl methyl sites for hydroxylation is 2. The fourth-order valence-corrected chi connectivity index (χ4v) is 3.17. The molecular formula is C13H17N5O4S. The lowest BCUT2D eigenvalue weighted by molar-refractivity contribution is -0.137. The van der Waals surface area contributed by atoms with E-state index in [0.29, 0.717) is 5.56 Å². The number of hydrogen-bond acceptors (Lipinski definition) is 6. The molecule has 9 nitrogen and oxygen atoms in total. The first kappa shape index (κ1) is 17.0. The molecule has 124 valence electrons. The zero-order valence-electron chi connectivity index (χ0n) is 12.5. The van der Waals surface area contributed by atoms with Crippen LogP contribution in [0, 0.1) is 6.92 Å². The molecule has 0 fully saturated rings. The Morgan fingerprint density at radius 3 is 2.61 bits per heavy atom. The summed E-state index contributed by atoms with van der Waals surface area (Å²) in [4.78, 5) is 11.0. The fourth-order valence-electron chi connectivity index (χ4n) is 1.97. The molecule has 2 N–H and O–H groups in total. The van der Waals surface area contributed by atoms with Gasteiger partial charge in [0.2, 0.25) is 10.0 Å². The van der Waals surface area contributed by atoms with Gasteiger partial charge in [-0.15, -0.1) is 5.10 Å². The van der Waals surface area contributed by atoms with Crippen molar-refractivity contribution in [1.29, 1.82) is 0 Å². The van der Waals surface area contributed by atoms with E-state index >= 15 is 0 Å². The molecule has 0 amide bonds. The van der Waals surface area contributed by atoms with Gasteiger partial charge in [-0.25, -0.2) is 17.8 Å². The van der Waals surface area contributed by atoms with E-state index in [4.69, 9.17) is 5.11 Å². The Kier molecular flexibility index (Phi) is 5.40. The Hall–Kier alpha value is -2.33. The van der Waals surface area contributed by atoms with Crippen molar-refractivity contribution in [1.82, 2.24) is 24.9 Å². The van der Waals surface area contributed by atoms with Crippen molar-refractivity contribution in [2.24, 2.45) is 0 Å². The number of hydrogen-bond donors (Lipinski definition) is 2. The quantitative estimate of drug-likeness (QED) is 0.699. The first-order chi connectivity index (χ1) is 10.9. The van der Waals surface area contributed by atoms with Gasteiger partial charge in [-0.05, 0) is 22.9 Å². The molecule has 0 saturated heterocycles. The molecule has 0 bridgehead atoms. The summed E-state index contributed by atoms with van der Waals surface area (Å²) in [5, 5.41) is 19.4. The molecule has 2 rings (SSSR count). The molecule has 1 aromatic carbocycles. The highest BCUT2D eigenvalue weighted by molar-refractivity contribution is 7.89. The maximum absolute atomic E-state index is 12.2. The number of tetrazole rings is 1. The second kappa shape index (κ2) is 7.29. The van der Waals surface area contributed by atoms with Gasteiger partial charge in [0, 0.05) is 0 Å². The van der Waals surface area contributed by atoms with Crippen LogP contribution in [0.3, 0.4) is 0 Å². The second-order valence-electron chi connectivity index (χ2n) is 5.07. The molecule has 10 heteroatoms. The summed E-state index contributed by atoms with van der Waals surface area (Å²) >= 11 is 0. The molecule has 1 atom stereocenters. The number of nitrogens with one attached hydrogen (secondary N) is 1. The van der Waals surface area contributed by atoms with Gasteiger partial charge in [-0.2, -0.15) is 0 Å². The molecule has 2 aromatic rings. The smallest absolute Gasteiger partial charge is 0.305 e. The van der Waals surface area contributed by atoms with Crippen LogP contribution >= 0.6 is 0 Å². The monoisotopic (exact) mass is 339 g/mol. The second-order valence-corrected chi connectivity index (χ2v) is 6.94. The Bertz CT molecular complexity index is 743. The van der Waals surface area contributed by atoms with E-state index in [2.05, 4.69) is 20.2 Å². The van der Waals surface area contributed by atoms with Crippen LogP contribution in [0.25, 0.3) is 0 Å². The van der Waals surface area contributed by atoms with Gasteiger partial charge in [0.15, 0.2) is 0 Å². The number of carboxylic acid groups (broad SMARTS) is 1. The maximum Gasteiger partial charge on any atom is 0.305 e. The van der Waals surface area contributed by atoms with Crippen LogP contribution in [0.5, 0.6) is 0 Å². The van der Waals surface area contributed by atoms with Crippen LogP contribution in [0.4, 0.5) is 0 Å². The minimum atomic E-state index is -3.69. The standard InChI is InChI=1S/C13H17N5O4S/c1-10-2-4-11(5-3-10)12(8-13(19)20)15-23(21,22)7-6-18-9-14-16-17-18/h2-5,9,12,15H,6-8H2,1H3,(H,19,20). The fraction of sp³-hybridized carbons (Fsp3) is 0.385. The van der Waals surface area contributed by atoms with E-state index in [9.17, 15) is 13.2 Å². The van der Waals surface area contributed by atoms with E-state index < -0.39 is 22.0 Å². The van der Waals surface area contributed by atoms with Crippen molar-refractivity contribution in [3.8, 4) is 0 Å². The normalized spacial score (nSPS) is 12.9. The summed E-state index contributed by atoms with van der Waals surface area (Å²) in [6, 6.07) is 6.21. The van der Waals surface area contributed by atoms with Gasteiger partial charge >= 0.3 is 5.97 Å². The van der Waals surface area contributed by atoms with Gasteiger partial charge in [0.05, 0.1) is 24.8 Å². The number of aromatic nitrogens is 4. The van der Waals surface area contributed by atoms with E-state index in [1.54, 1.807) is 24.3 Å². The lowest BCUT2D eigenvalue weighted by Crippen LogP contribution is -2.33. The highest BCUT2D eigenvalue weighted by Crippen LogP contribution is 2.18. The Balaban J connectivity index is 2.09. The van der Waals surface area contributed by atoms with Gasteiger partial charge < -0.3 is 5.11 Å². The predicted octanol–water partition coefficient (Wildman–Crippen LogP) is 0.117. The van der Waals surface area contributed by atoms with Crippen molar-refractivity contribution in [3.05, 3.63) is 41.7 Å². The molecule has 0 aliphatic carbocycles. The number of sulfonamides is 1. The summed E-state index contributed by atoms with van der Waals surface area (Å²) < 4.78 is 28.1. The molecule has 0 aliphatic heterocycles. The Morgan fingerprint density at radius 1 is 1.35 bits per heavy atom. The third-order valence-electron chi connectivity index (χ3n) is 3.16. The number of nitrogens with zero attached hydrogens (tertiary/aromatic N) is 4. The van der Waals surface area contributed by atoms with Crippen LogP contribution in [0.1, 0.15) is 23.6 Å². The molecule has 1 unspecified atom stereocenters. The van der Waals surface area contributed by atoms with E-state index in [-0.39, 0.29) is 18.7 Å². The van der Waals surface area contributed by atoms with E-state index in [1.165, 1.54) is 11.0 Å². The molecular weight excluding hydrogens is 322 g/mol. The summed E-state index contributed by atoms with van der Waals surface area (Å²) in [7, 11) is -3.69. The highest BCUT2D eigenvalue weighted by atomic mass is 32.2. The third-order valence-corrected chi connectivity index (χ3v) is 4.52. The minimum absolute atomic E-state index is 0.0794. The summed E-state index contributed by atoms with van der Waals surface area (Å²) in [5.41, 5.74) is 1.60. The summed E-state index contributed by atoms with van der Waals surface area (Å²) in [6.45, 7) is 1.97. The third kappa shape index (κ3) is 5.42. The van der Waals surface area contributed by atoms with Crippen molar-refractivity contribution < 1.29 is 18.3 Å². The van der Waals surface area contributed by atoms with Crippen LogP contribution in [-0.4, -0.2) is 45.5 Å². The number of aliphatic carboxylic acids is 1. The van der Waals surface area contributed by atoms with E-state index in [1.807, 2.05) is 6.92 Å². The first-order valence-corrected chi connectivity index (χ1v) is 8.50. The Morgan fingerprint density at radius 2 is 2.04 bits per heavy atom. The zero-order chi connectivity index (χ0) is 16.9. The van der Waals surface area contributed by atoms with Gasteiger partial charge in [0.25, 0.3) is 0 Å². The molecule has 0 aliphatic rings. The minimum Gasteiger partial charge on any atom is -0.481 e. The summed E-state index contributed by atoms with van der Waals surface area (Å²) in [6.07, 6.45) is 0.970. The number of rotatable bonds is 8. The van der Waals surface area contributed by atoms with Gasteiger partial charge in [-0.3, -0.25) is 4.79 Å². The lowest BCUT2D eigenvalue weighted by Gasteiger charge is -2.17. The number of benzene rings is 1. The molecule has 1 aromatic heterocycles. The zero-order valence-corrected chi connectivity index (χ0v) is 13.3. The lowest BCUT2D eigenvalue weighted by atomic mass is 10.0. The van der Waals surface area contributed by atoms with E-state index in [0.717, 1.165) is 5.56 Å². The van der Waals surface area contributed by atoms with Crippen molar-refractivity contribution >= 4 is 16.0 Å². The number of carbonyl (C=O) groups is 1. The average Bonchev–Trinajstić information content (AvgIpc) is 2.98. The maximum atomic E-state index is 12.2. The van der Waals surface area contributed by atoms with Crippen molar-refractivity contribution in [2.75, 3.05) is 5.75 Å². The van der Waals surface area contributed by atoms with Crippen LogP contribution in [-0.2, 0) is 21.4 Å². The van der Waals surface area contributed by atoms with Crippen LogP contribution in [0.15, 0.2) is 30.6 Å². The summed E-state index contributed by atoms with van der Waals surface area (Å²) in [5.74, 6) is -1.33. The largest absolute Gasteiger partial charge is 0.481 e. The average molecular weight is 339 g/mol. The van der Waals surface area contributed by atoms with Gasteiger partial charge in [0.1, 0.15) is 6.33 Å². The number of carboxylic acids is 1. The molecule has 0 spiro atoms. The van der Waals surface area contributed by atoms with Crippen LogP contribution < -0.4 is 4.72 Å². The van der Waals surface area contributed by atoms with Crippen molar-refractivity contribution in [3.63, 3.8) is 0 Å². The first-order valence-electron chi connectivity index (χ1n) is 6.85. The highest BCUT2D eigenvalue weighted by Gasteiger charge is 2.22.